The second kappa shape index (κ2) is 10.4. The highest BCUT2D eigenvalue weighted by Gasteiger charge is 2.33. The number of carbonyl (C=O) groups is 1. The first-order valence-electron chi connectivity index (χ1n) is 7.44. The molecule has 7 nitrogen and oxygen atoms in total. The average Bonchev–Trinajstić information content (AvgIpc) is 2.50. The summed E-state index contributed by atoms with van der Waals surface area (Å²) in [5.74, 6) is -0.402. The van der Waals surface area contributed by atoms with Crippen LogP contribution in [-0.2, 0) is 19.7 Å². The Morgan fingerprint density at radius 2 is 1.86 bits per heavy atom. The van der Waals surface area contributed by atoms with Crippen LogP contribution in [0.4, 0.5) is 0 Å². The van der Waals surface area contributed by atoms with Crippen LogP contribution >= 0.6 is 12.4 Å². The number of ether oxygens (including phenoxy) is 1. The van der Waals surface area contributed by atoms with Crippen LogP contribution in [0, 0.1) is 0 Å². The minimum atomic E-state index is -3.54. The summed E-state index contributed by atoms with van der Waals surface area (Å²) < 4.78 is 32.8. The Morgan fingerprint density at radius 1 is 1.27 bits per heavy atom. The molecule has 0 aromatic carbocycles. The molecule has 0 amide bonds. The molecule has 22 heavy (non-hydrogen) atoms. The van der Waals surface area contributed by atoms with E-state index in [2.05, 4.69) is 10.1 Å². The molecule has 1 rings (SSSR count). The van der Waals surface area contributed by atoms with Gasteiger partial charge in [-0.2, -0.15) is 17.0 Å². The number of esters is 1. The van der Waals surface area contributed by atoms with Crippen molar-refractivity contribution >= 4 is 28.6 Å². The first-order chi connectivity index (χ1) is 9.93. The number of piperidine rings is 1. The maximum Gasteiger partial charge on any atom is 0.306 e. The maximum absolute atomic E-state index is 12.7. The molecule has 0 aliphatic carbocycles. The van der Waals surface area contributed by atoms with E-state index < -0.39 is 16.2 Å². The smallest absolute Gasteiger partial charge is 0.306 e. The second-order valence-corrected chi connectivity index (χ2v) is 7.24. The summed E-state index contributed by atoms with van der Waals surface area (Å²) in [4.78, 5) is 11.2. The number of methoxy groups -OCH3 is 1. The SMILES string of the molecule is CCCN(C1CCNCC1)S(=O)(=O)N(C)CCC(=O)OC.Cl. The van der Waals surface area contributed by atoms with E-state index in [4.69, 9.17) is 0 Å². The third-order valence-corrected chi connectivity index (χ3v) is 5.75. The van der Waals surface area contributed by atoms with E-state index in [1.165, 1.54) is 18.5 Å². The minimum absolute atomic E-state index is 0. The first-order valence-corrected chi connectivity index (χ1v) is 8.83. The highest BCUT2D eigenvalue weighted by Crippen LogP contribution is 2.19. The van der Waals surface area contributed by atoms with Crippen LogP contribution in [0.1, 0.15) is 32.6 Å². The highest BCUT2D eigenvalue weighted by atomic mass is 35.5. The van der Waals surface area contributed by atoms with E-state index in [9.17, 15) is 13.2 Å². The van der Waals surface area contributed by atoms with Crippen LogP contribution in [0.25, 0.3) is 0 Å². The van der Waals surface area contributed by atoms with Crippen molar-refractivity contribution in [2.45, 2.75) is 38.6 Å². The van der Waals surface area contributed by atoms with Gasteiger partial charge in [0.1, 0.15) is 0 Å². The van der Waals surface area contributed by atoms with Gasteiger partial charge in [0.2, 0.25) is 0 Å². The van der Waals surface area contributed by atoms with E-state index >= 15 is 0 Å². The molecule has 0 saturated carbocycles. The largest absolute Gasteiger partial charge is 0.469 e. The number of hydrogen-bond donors (Lipinski definition) is 1. The van der Waals surface area contributed by atoms with E-state index in [-0.39, 0.29) is 31.4 Å². The van der Waals surface area contributed by atoms with Gasteiger partial charge in [0.05, 0.1) is 13.5 Å². The molecule has 0 spiro atoms. The van der Waals surface area contributed by atoms with E-state index in [0.717, 1.165) is 32.4 Å². The molecule has 1 aliphatic heterocycles. The average molecular weight is 358 g/mol. The van der Waals surface area contributed by atoms with Gasteiger partial charge in [-0.05, 0) is 32.4 Å². The van der Waals surface area contributed by atoms with E-state index in [1.54, 1.807) is 4.31 Å². The third-order valence-electron chi connectivity index (χ3n) is 3.71. The molecule has 0 unspecified atom stereocenters. The molecular formula is C13H28ClN3O4S. The zero-order chi connectivity index (χ0) is 15.9. The molecule has 1 heterocycles. The number of carbonyl (C=O) groups excluding carboxylic acids is 1. The lowest BCUT2D eigenvalue weighted by Gasteiger charge is -2.35. The topological polar surface area (TPSA) is 79.0 Å². The molecule has 9 heteroatoms. The third kappa shape index (κ3) is 6.00. The zero-order valence-corrected chi connectivity index (χ0v) is 15.2. The predicted molar refractivity (Wildman–Crippen MR) is 88.3 cm³/mol. The van der Waals surface area contributed by atoms with Crippen LogP contribution < -0.4 is 5.32 Å². The molecule has 0 aromatic rings. The van der Waals surface area contributed by atoms with Crippen molar-refractivity contribution in [2.24, 2.45) is 0 Å². The normalized spacial score (nSPS) is 16.6. The Labute approximate surface area is 140 Å². The summed E-state index contributed by atoms with van der Waals surface area (Å²) >= 11 is 0. The fourth-order valence-corrected chi connectivity index (χ4v) is 4.13. The van der Waals surface area contributed by atoms with Gasteiger partial charge in [-0.1, -0.05) is 6.92 Å². The molecule has 1 aliphatic rings. The van der Waals surface area contributed by atoms with Crippen molar-refractivity contribution in [1.82, 2.24) is 13.9 Å². The summed E-state index contributed by atoms with van der Waals surface area (Å²) in [5.41, 5.74) is 0. The molecule has 132 valence electrons. The molecule has 0 radical (unpaired) electrons. The lowest BCUT2D eigenvalue weighted by Crippen LogP contribution is -2.51. The van der Waals surface area contributed by atoms with Gasteiger partial charge < -0.3 is 10.1 Å². The van der Waals surface area contributed by atoms with Gasteiger partial charge in [-0.15, -0.1) is 12.4 Å². The van der Waals surface area contributed by atoms with Crippen LogP contribution in [0.2, 0.25) is 0 Å². The van der Waals surface area contributed by atoms with Crippen molar-refractivity contribution in [2.75, 3.05) is 40.3 Å². The predicted octanol–water partition coefficient (Wildman–Crippen LogP) is 0.612. The van der Waals surface area contributed by atoms with Gasteiger partial charge in [-0.25, -0.2) is 0 Å². The molecule has 0 bridgehead atoms. The number of rotatable bonds is 8. The Bertz CT molecular complexity index is 427. The van der Waals surface area contributed by atoms with Gasteiger partial charge >= 0.3 is 5.97 Å². The first kappa shape index (κ1) is 21.6. The summed E-state index contributed by atoms with van der Waals surface area (Å²) in [6.07, 6.45) is 2.49. The van der Waals surface area contributed by atoms with Crippen molar-refractivity contribution in [1.29, 1.82) is 0 Å². The van der Waals surface area contributed by atoms with Crippen LogP contribution in [-0.4, -0.2) is 69.4 Å². The fraction of sp³-hybridized carbons (Fsp3) is 0.923. The minimum Gasteiger partial charge on any atom is -0.469 e. The quantitative estimate of drug-likeness (QED) is 0.644. The van der Waals surface area contributed by atoms with Crippen LogP contribution in [0.5, 0.6) is 0 Å². The molecule has 0 atom stereocenters. The Kier molecular flexibility index (Phi) is 10.2. The summed E-state index contributed by atoms with van der Waals surface area (Å²) in [7, 11) is -0.719. The van der Waals surface area contributed by atoms with Gasteiger partial charge in [0.25, 0.3) is 10.2 Å². The molecular weight excluding hydrogens is 330 g/mol. The van der Waals surface area contributed by atoms with Gasteiger partial charge in [-0.3, -0.25) is 4.79 Å². The molecule has 1 fully saturated rings. The summed E-state index contributed by atoms with van der Waals surface area (Å²) in [6.45, 7) is 4.30. The number of halogens is 1. The van der Waals surface area contributed by atoms with Gasteiger partial charge in [0, 0.05) is 26.2 Å². The molecule has 0 aromatic heterocycles. The van der Waals surface area contributed by atoms with Gasteiger partial charge in [0.15, 0.2) is 0 Å². The molecule has 1 N–H and O–H groups in total. The Balaban J connectivity index is 0.00000441. The standard InChI is InChI=1S/C13H27N3O4S.ClH/c1-4-10-16(12-5-8-14-9-6-12)21(18,19)15(2)11-7-13(17)20-3;/h12,14H,4-11H2,1-3H3;1H. The number of nitrogens with one attached hydrogen (secondary N) is 1. The monoisotopic (exact) mass is 357 g/mol. The Hall–Kier alpha value is -0.410. The van der Waals surface area contributed by atoms with Crippen molar-refractivity contribution in [3.8, 4) is 0 Å². The second-order valence-electron chi connectivity index (χ2n) is 5.25. The lowest BCUT2D eigenvalue weighted by molar-refractivity contribution is -0.140. The lowest BCUT2D eigenvalue weighted by atomic mass is 10.1. The summed E-state index contributed by atoms with van der Waals surface area (Å²) in [6, 6.07) is 0.0387. The Morgan fingerprint density at radius 3 is 2.36 bits per heavy atom. The van der Waals surface area contributed by atoms with Crippen LogP contribution in [0.3, 0.4) is 0 Å². The summed E-state index contributed by atoms with van der Waals surface area (Å²) in [5, 5.41) is 3.24. The molecule has 1 saturated heterocycles. The van der Waals surface area contributed by atoms with E-state index in [0.29, 0.717) is 6.54 Å². The highest BCUT2D eigenvalue weighted by molar-refractivity contribution is 7.86. The fourth-order valence-electron chi connectivity index (χ4n) is 2.45. The van der Waals surface area contributed by atoms with Crippen molar-refractivity contribution in [3.63, 3.8) is 0 Å². The van der Waals surface area contributed by atoms with Crippen LogP contribution in [0.15, 0.2) is 0 Å². The van der Waals surface area contributed by atoms with E-state index in [1.807, 2.05) is 6.92 Å². The van der Waals surface area contributed by atoms with Crippen molar-refractivity contribution < 1.29 is 17.9 Å². The zero-order valence-electron chi connectivity index (χ0n) is 13.6. The number of hydrogen-bond acceptors (Lipinski definition) is 5. The number of nitrogens with zero attached hydrogens (tertiary/aromatic N) is 2. The van der Waals surface area contributed by atoms with Crippen molar-refractivity contribution in [3.05, 3.63) is 0 Å². The maximum atomic E-state index is 12.7.